The van der Waals surface area contributed by atoms with Crippen LogP contribution in [0.5, 0.6) is 0 Å². The number of nitrogens with one attached hydrogen (secondary N) is 2. The Hall–Kier alpha value is -3.85. The van der Waals surface area contributed by atoms with Crippen molar-refractivity contribution < 1.29 is 17.9 Å². The summed E-state index contributed by atoms with van der Waals surface area (Å²) in [6.45, 7) is 6.40. The highest BCUT2D eigenvalue weighted by molar-refractivity contribution is 6.07. The number of hydrogen-bond donors (Lipinski definition) is 2. The second kappa shape index (κ2) is 8.95. The fourth-order valence-corrected chi connectivity index (χ4v) is 3.55. The Labute approximate surface area is 187 Å². The lowest BCUT2D eigenvalue weighted by molar-refractivity contribution is -0.141. The predicted octanol–water partition coefficient (Wildman–Crippen LogP) is 3.43. The molecule has 0 aromatic carbocycles. The number of aromatic nitrogens is 4. The maximum atomic E-state index is 13.1. The standard InChI is InChI=1S/C21H19F3N8O/c1-3-26-12(8-25)7-11(2)27-19-30-18(15-5-4-6-16(28-15)21(22,23)24)31-20(32-19)29-17-13-9-33-10-14(13)17/h3-7,13-14,17H,1,9-10H2,2H3,(H2,27,29,30,31,32)/b11-7+,26-12+. The molecule has 2 unspecified atom stereocenters. The Balaban J connectivity index is 1.67. The molecule has 2 aromatic rings. The van der Waals surface area contributed by atoms with Crippen LogP contribution in [0.1, 0.15) is 12.6 Å². The summed E-state index contributed by atoms with van der Waals surface area (Å²) in [5.74, 6) is 0.949. The number of rotatable bonds is 7. The Morgan fingerprint density at radius 3 is 2.61 bits per heavy atom. The Morgan fingerprint density at radius 2 is 1.94 bits per heavy atom. The van der Waals surface area contributed by atoms with Gasteiger partial charge in [0.1, 0.15) is 23.2 Å². The molecule has 2 atom stereocenters. The van der Waals surface area contributed by atoms with Gasteiger partial charge in [-0.3, -0.25) is 0 Å². The van der Waals surface area contributed by atoms with Gasteiger partial charge in [-0.25, -0.2) is 9.98 Å². The topological polar surface area (TPSA) is 121 Å². The van der Waals surface area contributed by atoms with E-state index in [0.29, 0.717) is 30.7 Å². The molecule has 170 valence electrons. The van der Waals surface area contributed by atoms with Crippen molar-refractivity contribution in [3.05, 3.63) is 48.4 Å². The lowest BCUT2D eigenvalue weighted by Crippen LogP contribution is -2.16. The van der Waals surface area contributed by atoms with Gasteiger partial charge in [0, 0.05) is 29.8 Å². The van der Waals surface area contributed by atoms with E-state index in [-0.39, 0.29) is 35.2 Å². The van der Waals surface area contributed by atoms with Gasteiger partial charge >= 0.3 is 6.18 Å². The van der Waals surface area contributed by atoms with Crippen LogP contribution in [0, 0.1) is 23.2 Å². The maximum absolute atomic E-state index is 13.1. The van der Waals surface area contributed by atoms with Gasteiger partial charge in [0.2, 0.25) is 11.9 Å². The summed E-state index contributed by atoms with van der Waals surface area (Å²) < 4.78 is 44.8. The van der Waals surface area contributed by atoms with Crippen LogP contribution < -0.4 is 10.6 Å². The average molecular weight is 456 g/mol. The van der Waals surface area contributed by atoms with E-state index in [9.17, 15) is 13.2 Å². The normalized spacial score (nSPS) is 22.3. The summed E-state index contributed by atoms with van der Waals surface area (Å²) in [6, 6.07) is 5.55. The highest BCUT2D eigenvalue weighted by Crippen LogP contribution is 2.45. The van der Waals surface area contributed by atoms with E-state index in [1.165, 1.54) is 24.4 Å². The smallest absolute Gasteiger partial charge is 0.381 e. The van der Waals surface area contributed by atoms with E-state index in [4.69, 9.17) is 10.00 Å². The van der Waals surface area contributed by atoms with Crippen molar-refractivity contribution in [2.75, 3.05) is 23.8 Å². The van der Waals surface area contributed by atoms with Crippen LogP contribution in [-0.4, -0.2) is 44.9 Å². The van der Waals surface area contributed by atoms with Crippen LogP contribution >= 0.6 is 0 Å². The number of pyridine rings is 1. The quantitative estimate of drug-likeness (QED) is 0.608. The zero-order valence-electron chi connectivity index (χ0n) is 17.5. The molecular formula is C21H19F3N8O. The van der Waals surface area contributed by atoms with Crippen LogP contribution in [0.25, 0.3) is 11.5 Å². The van der Waals surface area contributed by atoms with Crippen molar-refractivity contribution in [2.24, 2.45) is 16.8 Å². The largest absolute Gasteiger partial charge is 0.433 e. The molecule has 12 heteroatoms. The minimum atomic E-state index is -4.60. The molecule has 0 bridgehead atoms. The number of anilines is 2. The lowest BCUT2D eigenvalue weighted by atomic mass is 10.3. The maximum Gasteiger partial charge on any atom is 0.433 e. The second-order valence-electron chi connectivity index (χ2n) is 7.51. The summed E-state index contributed by atoms with van der Waals surface area (Å²) in [5.41, 5.74) is -0.513. The van der Waals surface area contributed by atoms with Crippen molar-refractivity contribution in [3.8, 4) is 17.6 Å². The monoisotopic (exact) mass is 456 g/mol. The second-order valence-corrected chi connectivity index (χ2v) is 7.51. The Bertz CT molecular complexity index is 1160. The van der Waals surface area contributed by atoms with Gasteiger partial charge in [0.05, 0.1) is 13.2 Å². The number of nitriles is 1. The molecule has 1 saturated heterocycles. The number of alkyl halides is 3. The fourth-order valence-electron chi connectivity index (χ4n) is 3.55. The SMILES string of the molecule is C=C/N=C(C#N)\C=C(/C)Nc1nc(NC2C3COCC32)nc(-c2cccc(C(F)(F)F)n2)n1. The van der Waals surface area contributed by atoms with Crippen molar-refractivity contribution in [2.45, 2.75) is 19.1 Å². The number of halogens is 3. The molecule has 1 aliphatic heterocycles. The number of nitrogens with zero attached hydrogens (tertiary/aromatic N) is 6. The fraction of sp³-hybridized carbons (Fsp3) is 0.333. The molecule has 1 aliphatic carbocycles. The molecule has 0 spiro atoms. The molecule has 4 rings (SSSR count). The average Bonchev–Trinajstić information content (AvgIpc) is 3.18. The molecule has 9 nitrogen and oxygen atoms in total. The van der Waals surface area contributed by atoms with Crippen molar-refractivity contribution in [1.82, 2.24) is 19.9 Å². The van der Waals surface area contributed by atoms with Crippen LogP contribution in [-0.2, 0) is 10.9 Å². The predicted molar refractivity (Wildman–Crippen MR) is 114 cm³/mol. The van der Waals surface area contributed by atoms with Gasteiger partial charge in [-0.05, 0) is 25.1 Å². The first-order valence-electron chi connectivity index (χ1n) is 9.97. The zero-order valence-corrected chi connectivity index (χ0v) is 17.5. The van der Waals surface area contributed by atoms with Gasteiger partial charge in [-0.1, -0.05) is 12.6 Å². The van der Waals surface area contributed by atoms with Gasteiger partial charge in [0.25, 0.3) is 0 Å². The van der Waals surface area contributed by atoms with E-state index in [1.807, 2.05) is 6.07 Å². The molecular weight excluding hydrogens is 437 g/mol. The number of ether oxygens (including phenoxy) is 1. The van der Waals surface area contributed by atoms with E-state index in [1.54, 1.807) is 6.92 Å². The van der Waals surface area contributed by atoms with Crippen molar-refractivity contribution in [1.29, 1.82) is 5.26 Å². The number of hydrogen-bond acceptors (Lipinski definition) is 9. The van der Waals surface area contributed by atoms with E-state index < -0.39 is 11.9 Å². The highest BCUT2D eigenvalue weighted by atomic mass is 19.4. The van der Waals surface area contributed by atoms with Crippen LogP contribution in [0.15, 0.2) is 47.7 Å². The summed E-state index contributed by atoms with van der Waals surface area (Å²) in [7, 11) is 0. The summed E-state index contributed by atoms with van der Waals surface area (Å²) in [6.07, 6.45) is -1.90. The third kappa shape index (κ3) is 5.15. The van der Waals surface area contributed by atoms with Crippen molar-refractivity contribution in [3.63, 3.8) is 0 Å². The first-order chi connectivity index (χ1) is 15.8. The number of fused-ring (bicyclic) bond motifs is 1. The molecule has 1 saturated carbocycles. The lowest BCUT2D eigenvalue weighted by Gasteiger charge is -2.12. The third-order valence-electron chi connectivity index (χ3n) is 5.16. The summed E-state index contributed by atoms with van der Waals surface area (Å²) >= 11 is 0. The van der Waals surface area contributed by atoms with Crippen LogP contribution in [0.2, 0.25) is 0 Å². The van der Waals surface area contributed by atoms with Gasteiger partial charge in [-0.2, -0.15) is 33.4 Å². The number of aliphatic imine (C=N–C) groups is 1. The first kappa shape index (κ1) is 22.3. The molecule has 0 amide bonds. The Morgan fingerprint density at radius 1 is 1.21 bits per heavy atom. The van der Waals surface area contributed by atoms with E-state index in [2.05, 4.69) is 42.1 Å². The van der Waals surface area contributed by atoms with Gasteiger partial charge in [0.15, 0.2) is 5.82 Å². The minimum absolute atomic E-state index is 0.0313. The van der Waals surface area contributed by atoms with E-state index in [0.717, 1.165) is 6.07 Å². The summed E-state index contributed by atoms with van der Waals surface area (Å²) in [4.78, 5) is 20.4. The van der Waals surface area contributed by atoms with Crippen LogP contribution in [0.4, 0.5) is 25.1 Å². The van der Waals surface area contributed by atoms with E-state index >= 15 is 0 Å². The minimum Gasteiger partial charge on any atom is -0.381 e. The molecule has 2 aliphatic rings. The molecule has 3 heterocycles. The zero-order chi connectivity index (χ0) is 23.6. The van der Waals surface area contributed by atoms with Crippen molar-refractivity contribution >= 4 is 17.6 Å². The third-order valence-corrected chi connectivity index (χ3v) is 5.16. The van der Waals surface area contributed by atoms with Gasteiger partial charge in [-0.15, -0.1) is 0 Å². The summed E-state index contributed by atoms with van der Waals surface area (Å²) in [5, 5.41) is 15.3. The van der Waals surface area contributed by atoms with Gasteiger partial charge < -0.3 is 15.4 Å². The molecule has 0 radical (unpaired) electrons. The molecule has 2 fully saturated rings. The highest BCUT2D eigenvalue weighted by Gasteiger charge is 2.54. The first-order valence-corrected chi connectivity index (χ1v) is 9.97. The molecule has 33 heavy (non-hydrogen) atoms. The molecule has 2 N–H and O–H groups in total. The number of allylic oxidation sites excluding steroid dienone is 2. The Kier molecular flexibility index (Phi) is 6.06. The van der Waals surface area contributed by atoms with Crippen LogP contribution in [0.3, 0.4) is 0 Å². The molecule has 2 aromatic heterocycles.